The number of rotatable bonds is 8. The first-order valence-corrected chi connectivity index (χ1v) is 10.0. The fraction of sp³-hybridized carbons (Fsp3) is 0.174. The highest BCUT2D eigenvalue weighted by molar-refractivity contribution is 6.31. The van der Waals surface area contributed by atoms with Gasteiger partial charge in [-0.3, -0.25) is 14.6 Å². The van der Waals surface area contributed by atoms with E-state index in [1.54, 1.807) is 53.6 Å². The van der Waals surface area contributed by atoms with Crippen LogP contribution >= 0.6 is 11.6 Å². The van der Waals surface area contributed by atoms with E-state index in [1.807, 2.05) is 18.2 Å². The number of aromatic nitrogens is 1. The van der Waals surface area contributed by atoms with Crippen LogP contribution in [0.3, 0.4) is 0 Å². The largest absolute Gasteiger partial charge is 0.334 e. The van der Waals surface area contributed by atoms with Crippen LogP contribution in [0.25, 0.3) is 0 Å². The molecule has 2 amide bonds. The quantitative estimate of drug-likeness (QED) is 0.574. The van der Waals surface area contributed by atoms with E-state index in [1.165, 1.54) is 6.20 Å². The Morgan fingerprint density at radius 3 is 2.50 bits per heavy atom. The number of amides is 2. The Morgan fingerprint density at radius 1 is 1.03 bits per heavy atom. The van der Waals surface area contributed by atoms with Crippen LogP contribution in [0.4, 0.5) is 5.69 Å². The van der Waals surface area contributed by atoms with Gasteiger partial charge in [0.05, 0.1) is 5.56 Å². The van der Waals surface area contributed by atoms with Crippen molar-refractivity contribution in [3.8, 4) is 0 Å². The molecule has 0 aliphatic carbocycles. The van der Waals surface area contributed by atoms with Gasteiger partial charge in [-0.05, 0) is 61.0 Å². The minimum Gasteiger partial charge on any atom is -0.334 e. The second kappa shape index (κ2) is 10.5. The van der Waals surface area contributed by atoms with Crippen LogP contribution < -0.4 is 11.1 Å². The first-order chi connectivity index (χ1) is 14.6. The van der Waals surface area contributed by atoms with Crippen molar-refractivity contribution in [3.63, 3.8) is 0 Å². The third-order valence-electron chi connectivity index (χ3n) is 4.53. The van der Waals surface area contributed by atoms with Gasteiger partial charge in [0, 0.05) is 41.8 Å². The summed E-state index contributed by atoms with van der Waals surface area (Å²) in [6.45, 7) is 1.30. The molecule has 0 unspecified atom stereocenters. The number of nitrogens with one attached hydrogen (secondary N) is 1. The average Bonchev–Trinajstić information content (AvgIpc) is 2.79. The first-order valence-electron chi connectivity index (χ1n) is 9.62. The molecule has 0 aliphatic heterocycles. The van der Waals surface area contributed by atoms with E-state index < -0.39 is 0 Å². The highest BCUT2D eigenvalue weighted by atomic mass is 35.5. The van der Waals surface area contributed by atoms with Crippen LogP contribution in [-0.4, -0.2) is 34.8 Å². The fourth-order valence-electron chi connectivity index (χ4n) is 2.98. The summed E-state index contributed by atoms with van der Waals surface area (Å²) < 4.78 is 0. The molecule has 7 heteroatoms. The summed E-state index contributed by atoms with van der Waals surface area (Å²) in [7, 11) is 0. The Balaban J connectivity index is 1.79. The van der Waals surface area contributed by atoms with Crippen molar-refractivity contribution >= 4 is 29.1 Å². The molecule has 0 bridgehead atoms. The summed E-state index contributed by atoms with van der Waals surface area (Å²) in [6, 6.07) is 17.7. The summed E-state index contributed by atoms with van der Waals surface area (Å²) >= 11 is 6.39. The summed E-state index contributed by atoms with van der Waals surface area (Å²) in [5.74, 6) is -0.360. The number of carbonyl (C=O) groups excluding carboxylic acids is 2. The zero-order valence-electron chi connectivity index (χ0n) is 16.4. The summed E-state index contributed by atoms with van der Waals surface area (Å²) in [5, 5.41) is 3.36. The van der Waals surface area contributed by atoms with Gasteiger partial charge >= 0.3 is 0 Å². The number of hydrogen-bond acceptors (Lipinski definition) is 4. The Bertz CT molecular complexity index is 997. The topological polar surface area (TPSA) is 88.3 Å². The number of anilines is 1. The number of benzene rings is 2. The molecule has 30 heavy (non-hydrogen) atoms. The molecule has 0 spiro atoms. The Morgan fingerprint density at radius 2 is 1.80 bits per heavy atom. The smallest absolute Gasteiger partial charge is 0.257 e. The van der Waals surface area contributed by atoms with Crippen molar-refractivity contribution in [3.05, 3.63) is 94.8 Å². The van der Waals surface area contributed by atoms with E-state index in [4.69, 9.17) is 17.3 Å². The highest BCUT2D eigenvalue weighted by Gasteiger charge is 2.17. The minimum absolute atomic E-state index is 0.0927. The van der Waals surface area contributed by atoms with Crippen molar-refractivity contribution in [2.45, 2.75) is 13.0 Å². The molecular weight excluding hydrogens is 400 g/mol. The van der Waals surface area contributed by atoms with Gasteiger partial charge in [-0.2, -0.15) is 0 Å². The van der Waals surface area contributed by atoms with Gasteiger partial charge < -0.3 is 16.0 Å². The molecule has 0 fully saturated rings. The standard InChI is InChI=1S/C23H23ClN4O2/c24-21-10-9-20(27-22(29)18-8-4-12-26-15-18)14-19(21)16-28(13-5-11-25)23(30)17-6-2-1-3-7-17/h1-4,6-10,12,14-15H,5,11,13,16,25H2,(H,27,29). The number of pyridine rings is 1. The molecule has 1 aromatic heterocycles. The molecule has 3 aromatic rings. The van der Waals surface area contributed by atoms with E-state index in [0.29, 0.717) is 47.9 Å². The van der Waals surface area contributed by atoms with Crippen LogP contribution in [0.2, 0.25) is 5.02 Å². The third kappa shape index (κ3) is 5.65. The molecule has 1 heterocycles. The molecule has 0 aliphatic rings. The van der Waals surface area contributed by atoms with E-state index in [2.05, 4.69) is 10.3 Å². The molecule has 0 atom stereocenters. The van der Waals surface area contributed by atoms with E-state index in [0.717, 1.165) is 5.56 Å². The molecule has 3 rings (SSSR count). The van der Waals surface area contributed by atoms with Crippen molar-refractivity contribution in [2.24, 2.45) is 5.73 Å². The molecule has 6 nitrogen and oxygen atoms in total. The summed E-state index contributed by atoms with van der Waals surface area (Å²) in [5.41, 5.74) is 8.05. The highest BCUT2D eigenvalue weighted by Crippen LogP contribution is 2.23. The lowest BCUT2D eigenvalue weighted by Crippen LogP contribution is -2.32. The Kier molecular flexibility index (Phi) is 7.54. The fourth-order valence-corrected chi connectivity index (χ4v) is 3.15. The monoisotopic (exact) mass is 422 g/mol. The summed E-state index contributed by atoms with van der Waals surface area (Å²) in [4.78, 5) is 31.1. The zero-order valence-corrected chi connectivity index (χ0v) is 17.2. The predicted octanol–water partition coefficient (Wildman–Crippen LogP) is 3.98. The zero-order chi connectivity index (χ0) is 21.3. The van der Waals surface area contributed by atoms with Crippen molar-refractivity contribution < 1.29 is 9.59 Å². The lowest BCUT2D eigenvalue weighted by Gasteiger charge is -2.24. The number of nitrogens with zero attached hydrogens (tertiary/aromatic N) is 2. The molecule has 3 N–H and O–H groups in total. The van der Waals surface area contributed by atoms with Gasteiger partial charge in [0.15, 0.2) is 0 Å². The average molecular weight is 423 g/mol. The van der Waals surface area contributed by atoms with Crippen LogP contribution in [0.5, 0.6) is 0 Å². The van der Waals surface area contributed by atoms with Crippen molar-refractivity contribution in [1.82, 2.24) is 9.88 Å². The van der Waals surface area contributed by atoms with Gasteiger partial charge in [0.1, 0.15) is 0 Å². The predicted molar refractivity (Wildman–Crippen MR) is 118 cm³/mol. The van der Waals surface area contributed by atoms with Crippen molar-refractivity contribution in [2.75, 3.05) is 18.4 Å². The molecule has 0 saturated carbocycles. The normalized spacial score (nSPS) is 10.5. The maximum Gasteiger partial charge on any atom is 0.257 e. The molecule has 0 radical (unpaired) electrons. The number of halogens is 1. The summed E-state index contributed by atoms with van der Waals surface area (Å²) in [6.07, 6.45) is 3.78. The van der Waals surface area contributed by atoms with E-state index in [9.17, 15) is 9.59 Å². The lowest BCUT2D eigenvalue weighted by molar-refractivity contribution is 0.0742. The van der Waals surface area contributed by atoms with Gasteiger partial charge in [-0.1, -0.05) is 29.8 Å². The maximum absolute atomic E-state index is 13.0. The van der Waals surface area contributed by atoms with E-state index in [-0.39, 0.29) is 11.8 Å². The minimum atomic E-state index is -0.267. The lowest BCUT2D eigenvalue weighted by atomic mass is 10.1. The Labute approximate surface area is 180 Å². The molecular formula is C23H23ClN4O2. The van der Waals surface area contributed by atoms with Gasteiger partial charge in [0.2, 0.25) is 0 Å². The maximum atomic E-state index is 13.0. The number of nitrogens with two attached hydrogens (primary N) is 1. The van der Waals surface area contributed by atoms with Gasteiger partial charge in [0.25, 0.3) is 11.8 Å². The van der Waals surface area contributed by atoms with Crippen LogP contribution in [0, 0.1) is 0 Å². The van der Waals surface area contributed by atoms with E-state index >= 15 is 0 Å². The van der Waals surface area contributed by atoms with Gasteiger partial charge in [-0.25, -0.2) is 0 Å². The van der Waals surface area contributed by atoms with Crippen LogP contribution in [0.1, 0.15) is 32.7 Å². The van der Waals surface area contributed by atoms with Gasteiger partial charge in [-0.15, -0.1) is 0 Å². The molecule has 154 valence electrons. The molecule has 0 saturated heterocycles. The van der Waals surface area contributed by atoms with Crippen LogP contribution in [-0.2, 0) is 6.54 Å². The SMILES string of the molecule is NCCCN(Cc1cc(NC(=O)c2cccnc2)ccc1Cl)C(=O)c1ccccc1. The van der Waals surface area contributed by atoms with Crippen molar-refractivity contribution in [1.29, 1.82) is 0 Å². The Hall–Kier alpha value is -3.22. The number of carbonyl (C=O) groups is 2. The molecule has 2 aromatic carbocycles. The second-order valence-electron chi connectivity index (χ2n) is 6.74. The van der Waals surface area contributed by atoms with Crippen LogP contribution in [0.15, 0.2) is 73.1 Å². The number of hydrogen-bond donors (Lipinski definition) is 2. The third-order valence-corrected chi connectivity index (χ3v) is 4.90. The first kappa shape index (κ1) is 21.5. The second-order valence-corrected chi connectivity index (χ2v) is 7.14.